The molecule has 0 aliphatic heterocycles. The van der Waals surface area contributed by atoms with Gasteiger partial charge in [-0.05, 0) is 19.1 Å². The monoisotopic (exact) mass is 367 g/mol. The number of rotatable bonds is 4. The summed E-state index contributed by atoms with van der Waals surface area (Å²) in [5, 5.41) is 12.6. The molecule has 2 heterocycles. The van der Waals surface area contributed by atoms with E-state index >= 15 is 0 Å². The van der Waals surface area contributed by atoms with Gasteiger partial charge in [-0.15, -0.1) is 5.10 Å². The Labute approximate surface area is 134 Å². The molecule has 0 spiro atoms. The molecule has 0 fully saturated rings. The molecule has 1 atom stereocenters. The smallest absolute Gasteiger partial charge is 0.259 e. The summed E-state index contributed by atoms with van der Waals surface area (Å²) in [7, 11) is 0. The van der Waals surface area contributed by atoms with Crippen LogP contribution < -0.4 is 0 Å². The van der Waals surface area contributed by atoms with Crippen LogP contribution in [0.4, 0.5) is 0 Å². The Morgan fingerprint density at radius 1 is 1.38 bits per heavy atom. The van der Waals surface area contributed by atoms with E-state index in [-0.39, 0.29) is 4.83 Å². The van der Waals surface area contributed by atoms with Crippen LogP contribution in [0.5, 0.6) is 0 Å². The van der Waals surface area contributed by atoms with Crippen molar-refractivity contribution in [3.63, 3.8) is 0 Å². The highest BCUT2D eigenvalue weighted by Gasteiger charge is 2.13. The molecule has 2 aromatic heterocycles. The average Bonchev–Trinajstić information content (AvgIpc) is 3.09. The van der Waals surface area contributed by atoms with Crippen molar-refractivity contribution < 1.29 is 4.52 Å². The first kappa shape index (κ1) is 14.2. The Balaban J connectivity index is 1.80. The molecule has 3 aromatic rings. The second kappa shape index (κ2) is 5.95. The molecular formula is C13H11BrClN5O. The molecule has 0 radical (unpaired) electrons. The van der Waals surface area contributed by atoms with Crippen molar-refractivity contribution in [3.8, 4) is 11.5 Å². The number of nitrogens with zero attached hydrogens (tertiary/aromatic N) is 5. The molecule has 0 bridgehead atoms. The molecule has 0 N–H and O–H groups in total. The van der Waals surface area contributed by atoms with Crippen LogP contribution in [0.3, 0.4) is 0 Å². The van der Waals surface area contributed by atoms with Gasteiger partial charge in [0.05, 0.1) is 27.3 Å². The fourth-order valence-corrected chi connectivity index (χ4v) is 2.21. The van der Waals surface area contributed by atoms with Gasteiger partial charge < -0.3 is 4.52 Å². The van der Waals surface area contributed by atoms with Gasteiger partial charge in [0, 0.05) is 0 Å². The van der Waals surface area contributed by atoms with Crippen molar-refractivity contribution >= 4 is 27.5 Å². The molecule has 3 rings (SSSR count). The summed E-state index contributed by atoms with van der Waals surface area (Å²) in [5.74, 6) is 0.911. The van der Waals surface area contributed by atoms with Crippen LogP contribution in [0, 0.1) is 0 Å². The van der Waals surface area contributed by atoms with Crippen molar-refractivity contribution in [2.45, 2.75) is 18.3 Å². The Morgan fingerprint density at radius 3 is 2.90 bits per heavy atom. The summed E-state index contributed by atoms with van der Waals surface area (Å²) in [6.45, 7) is 2.37. The quantitative estimate of drug-likeness (QED) is 0.659. The fraction of sp³-hybridized carbons (Fsp3) is 0.231. The summed E-state index contributed by atoms with van der Waals surface area (Å²) >= 11 is 9.55. The third kappa shape index (κ3) is 3.14. The Hall–Kier alpha value is -1.73. The van der Waals surface area contributed by atoms with Crippen molar-refractivity contribution in [2.24, 2.45) is 0 Å². The molecule has 0 aliphatic carbocycles. The zero-order chi connectivity index (χ0) is 14.8. The summed E-state index contributed by atoms with van der Waals surface area (Å²) < 4.78 is 6.90. The fourth-order valence-electron chi connectivity index (χ4n) is 1.78. The minimum Gasteiger partial charge on any atom is -0.334 e. The molecule has 21 heavy (non-hydrogen) atoms. The second-order valence-corrected chi connectivity index (χ2v) is 6.23. The Morgan fingerprint density at radius 2 is 2.19 bits per heavy atom. The standard InChI is InChI=1S/C13H11BrClN5O/c1-8(14)11-6-20(19-17-11)7-12-16-13(21-18-12)9-4-2-3-5-10(9)15/h2-6,8H,7H2,1H3. The lowest BCUT2D eigenvalue weighted by atomic mass is 10.2. The van der Waals surface area contributed by atoms with Crippen LogP contribution in [0.25, 0.3) is 11.5 Å². The third-order valence-corrected chi connectivity index (χ3v) is 3.64. The average molecular weight is 369 g/mol. The summed E-state index contributed by atoms with van der Waals surface area (Å²) in [6.07, 6.45) is 1.84. The number of alkyl halides is 1. The van der Waals surface area contributed by atoms with E-state index in [9.17, 15) is 0 Å². The van der Waals surface area contributed by atoms with Gasteiger partial charge in [-0.25, -0.2) is 4.68 Å². The van der Waals surface area contributed by atoms with Gasteiger partial charge in [0.25, 0.3) is 5.89 Å². The van der Waals surface area contributed by atoms with Gasteiger partial charge in [0.1, 0.15) is 6.54 Å². The maximum absolute atomic E-state index is 6.11. The van der Waals surface area contributed by atoms with Gasteiger partial charge in [-0.3, -0.25) is 0 Å². The molecule has 1 unspecified atom stereocenters. The molecule has 0 saturated carbocycles. The number of aromatic nitrogens is 5. The molecule has 0 aliphatic rings. The maximum atomic E-state index is 6.11. The summed E-state index contributed by atoms with van der Waals surface area (Å²) in [5.41, 5.74) is 1.57. The second-order valence-electron chi connectivity index (χ2n) is 4.45. The van der Waals surface area contributed by atoms with E-state index in [0.29, 0.717) is 28.8 Å². The van der Waals surface area contributed by atoms with E-state index in [1.807, 2.05) is 31.3 Å². The Kier molecular flexibility index (Phi) is 4.03. The van der Waals surface area contributed by atoms with Crippen LogP contribution in [0.2, 0.25) is 5.02 Å². The highest BCUT2D eigenvalue weighted by Crippen LogP contribution is 2.26. The van der Waals surface area contributed by atoms with E-state index in [1.54, 1.807) is 10.7 Å². The van der Waals surface area contributed by atoms with Gasteiger partial charge in [-0.2, -0.15) is 4.98 Å². The zero-order valence-electron chi connectivity index (χ0n) is 11.1. The molecule has 8 heteroatoms. The van der Waals surface area contributed by atoms with Gasteiger partial charge in [0.15, 0.2) is 5.82 Å². The first-order valence-corrected chi connectivity index (χ1v) is 7.54. The third-order valence-electron chi connectivity index (χ3n) is 2.84. The van der Waals surface area contributed by atoms with Crippen LogP contribution in [0.15, 0.2) is 35.0 Å². The van der Waals surface area contributed by atoms with E-state index in [1.165, 1.54) is 0 Å². The summed E-state index contributed by atoms with van der Waals surface area (Å²) in [4.78, 5) is 4.48. The molecular weight excluding hydrogens is 358 g/mol. The molecule has 0 saturated heterocycles. The SMILES string of the molecule is CC(Br)c1cn(Cc2noc(-c3ccccc3Cl)n2)nn1. The van der Waals surface area contributed by atoms with Crippen LogP contribution in [0.1, 0.15) is 23.3 Å². The Bertz CT molecular complexity index is 754. The van der Waals surface area contributed by atoms with Gasteiger partial charge in [-0.1, -0.05) is 50.0 Å². The lowest BCUT2D eigenvalue weighted by Gasteiger charge is -1.96. The van der Waals surface area contributed by atoms with E-state index < -0.39 is 0 Å². The minimum atomic E-state index is 0.148. The molecule has 6 nitrogen and oxygen atoms in total. The first-order valence-electron chi connectivity index (χ1n) is 6.25. The van der Waals surface area contributed by atoms with Crippen LogP contribution >= 0.6 is 27.5 Å². The van der Waals surface area contributed by atoms with E-state index in [4.69, 9.17) is 16.1 Å². The lowest BCUT2D eigenvalue weighted by Crippen LogP contribution is -2.02. The predicted molar refractivity (Wildman–Crippen MR) is 81.2 cm³/mol. The van der Waals surface area contributed by atoms with Crippen molar-refractivity contribution in [1.82, 2.24) is 25.1 Å². The largest absolute Gasteiger partial charge is 0.334 e. The van der Waals surface area contributed by atoms with Crippen LogP contribution in [-0.2, 0) is 6.54 Å². The maximum Gasteiger partial charge on any atom is 0.259 e. The topological polar surface area (TPSA) is 69.6 Å². The van der Waals surface area contributed by atoms with Crippen LogP contribution in [-0.4, -0.2) is 25.1 Å². The number of benzene rings is 1. The molecule has 1 aromatic carbocycles. The van der Waals surface area contributed by atoms with E-state index in [2.05, 4.69) is 36.4 Å². The first-order chi connectivity index (χ1) is 10.1. The van der Waals surface area contributed by atoms with Gasteiger partial charge >= 0.3 is 0 Å². The molecule has 0 amide bonds. The molecule has 108 valence electrons. The van der Waals surface area contributed by atoms with Crippen molar-refractivity contribution in [1.29, 1.82) is 0 Å². The van der Waals surface area contributed by atoms with Crippen molar-refractivity contribution in [3.05, 3.63) is 47.0 Å². The minimum absolute atomic E-state index is 0.148. The number of hydrogen-bond acceptors (Lipinski definition) is 5. The lowest BCUT2D eigenvalue weighted by molar-refractivity contribution is 0.418. The highest BCUT2D eigenvalue weighted by molar-refractivity contribution is 9.09. The van der Waals surface area contributed by atoms with Gasteiger partial charge in [0.2, 0.25) is 0 Å². The normalized spacial score (nSPS) is 12.5. The summed E-state index contributed by atoms with van der Waals surface area (Å²) in [6, 6.07) is 7.33. The highest BCUT2D eigenvalue weighted by atomic mass is 79.9. The predicted octanol–water partition coefficient (Wildman–Crippen LogP) is 3.49. The number of hydrogen-bond donors (Lipinski definition) is 0. The zero-order valence-corrected chi connectivity index (χ0v) is 13.4. The number of halogens is 2. The van der Waals surface area contributed by atoms with Crippen molar-refractivity contribution in [2.75, 3.05) is 0 Å². The van der Waals surface area contributed by atoms with E-state index in [0.717, 1.165) is 5.69 Å².